The quantitative estimate of drug-likeness (QED) is 0.723. The van der Waals surface area contributed by atoms with Crippen LogP contribution in [0.25, 0.3) is 0 Å². The van der Waals surface area contributed by atoms with Crippen LogP contribution in [0.5, 0.6) is 0 Å². The zero-order valence-corrected chi connectivity index (χ0v) is 14.3. The van der Waals surface area contributed by atoms with E-state index < -0.39 is 33.9 Å². The summed E-state index contributed by atoms with van der Waals surface area (Å²) in [5.74, 6) is -1.37. The molecule has 8 heteroatoms. The Labute approximate surface area is 141 Å². The number of methoxy groups -OCH3 is 1. The monoisotopic (exact) mass is 355 g/mol. The molecule has 0 aromatic heterocycles. The Bertz CT molecular complexity index is 667. The maximum Gasteiger partial charge on any atom is 0.328 e. The van der Waals surface area contributed by atoms with Gasteiger partial charge in [-0.05, 0) is 31.4 Å². The van der Waals surface area contributed by atoms with E-state index in [0.29, 0.717) is 13.0 Å². The normalized spacial score (nSPS) is 18.8. The number of benzene rings is 1. The average Bonchev–Trinajstić information content (AvgIpc) is 3.13. The van der Waals surface area contributed by atoms with Gasteiger partial charge in [-0.3, -0.25) is 4.79 Å². The fourth-order valence-corrected chi connectivity index (χ4v) is 3.81. The van der Waals surface area contributed by atoms with Crippen molar-refractivity contribution in [2.75, 3.05) is 19.5 Å². The number of sulfone groups is 1. The Kier molecular flexibility index (Phi) is 6.33. The van der Waals surface area contributed by atoms with Gasteiger partial charge in [0.2, 0.25) is 5.91 Å². The maximum atomic E-state index is 12.3. The molecule has 132 valence electrons. The van der Waals surface area contributed by atoms with Gasteiger partial charge >= 0.3 is 5.97 Å². The SMILES string of the molecule is COC(=O)[C@H](CCS(=O)(=O)c1ccccc1)NC(=O)[C@@H]1CCCO1. The first kappa shape index (κ1) is 18.4. The number of nitrogens with one attached hydrogen (secondary N) is 1. The smallest absolute Gasteiger partial charge is 0.328 e. The van der Waals surface area contributed by atoms with Crippen molar-refractivity contribution in [3.05, 3.63) is 30.3 Å². The highest BCUT2D eigenvalue weighted by Crippen LogP contribution is 2.14. The molecule has 24 heavy (non-hydrogen) atoms. The highest BCUT2D eigenvalue weighted by atomic mass is 32.2. The summed E-state index contributed by atoms with van der Waals surface area (Å²) in [6.07, 6.45) is 0.705. The molecule has 0 unspecified atom stereocenters. The second kappa shape index (κ2) is 8.25. The van der Waals surface area contributed by atoms with E-state index in [1.54, 1.807) is 18.2 Å². The number of carbonyl (C=O) groups excluding carboxylic acids is 2. The standard InChI is InChI=1S/C16H21NO6S/c1-22-16(19)13(17-15(18)14-8-5-10-23-14)9-11-24(20,21)12-6-3-2-4-7-12/h2-4,6-7,13-14H,5,8-11H2,1H3,(H,17,18)/t13-,14-/m0/s1. The van der Waals surface area contributed by atoms with Crippen LogP contribution in [0.3, 0.4) is 0 Å². The van der Waals surface area contributed by atoms with Gasteiger partial charge in [0, 0.05) is 6.61 Å². The van der Waals surface area contributed by atoms with Crippen LogP contribution in [0.15, 0.2) is 35.2 Å². The fourth-order valence-electron chi connectivity index (χ4n) is 2.46. The van der Waals surface area contributed by atoms with Crippen molar-refractivity contribution in [3.8, 4) is 0 Å². The van der Waals surface area contributed by atoms with Crippen molar-refractivity contribution in [2.24, 2.45) is 0 Å². The molecule has 1 amide bonds. The first-order chi connectivity index (χ1) is 11.4. The van der Waals surface area contributed by atoms with E-state index in [2.05, 4.69) is 10.1 Å². The van der Waals surface area contributed by atoms with E-state index in [9.17, 15) is 18.0 Å². The van der Waals surface area contributed by atoms with Crippen molar-refractivity contribution < 1.29 is 27.5 Å². The molecule has 1 heterocycles. The molecule has 0 spiro atoms. The van der Waals surface area contributed by atoms with Crippen LogP contribution >= 0.6 is 0 Å². The Morgan fingerprint density at radius 1 is 1.33 bits per heavy atom. The molecule has 7 nitrogen and oxygen atoms in total. The third-order valence-electron chi connectivity index (χ3n) is 3.80. The molecule has 1 aromatic rings. The lowest BCUT2D eigenvalue weighted by Crippen LogP contribution is -2.46. The Hall–Kier alpha value is -1.93. The number of esters is 1. The molecule has 2 rings (SSSR count). The molecule has 0 aliphatic carbocycles. The topological polar surface area (TPSA) is 98.8 Å². The largest absolute Gasteiger partial charge is 0.467 e. The number of amides is 1. The summed E-state index contributed by atoms with van der Waals surface area (Å²) in [5.41, 5.74) is 0. The van der Waals surface area contributed by atoms with E-state index in [0.717, 1.165) is 6.42 Å². The van der Waals surface area contributed by atoms with Crippen LogP contribution < -0.4 is 5.32 Å². The number of rotatable bonds is 7. The second-order valence-corrected chi connectivity index (χ2v) is 7.62. The number of carbonyl (C=O) groups is 2. The van der Waals surface area contributed by atoms with Gasteiger partial charge < -0.3 is 14.8 Å². The summed E-state index contributed by atoms with van der Waals surface area (Å²) in [5, 5.41) is 2.53. The maximum absolute atomic E-state index is 12.3. The fraction of sp³-hybridized carbons (Fsp3) is 0.500. The molecule has 0 radical (unpaired) electrons. The second-order valence-electron chi connectivity index (χ2n) is 5.51. The first-order valence-corrected chi connectivity index (χ1v) is 9.37. The average molecular weight is 355 g/mol. The molecular formula is C16H21NO6S. The van der Waals surface area contributed by atoms with E-state index in [1.165, 1.54) is 19.2 Å². The molecule has 0 saturated carbocycles. The van der Waals surface area contributed by atoms with Gasteiger partial charge in [-0.1, -0.05) is 18.2 Å². The van der Waals surface area contributed by atoms with Crippen molar-refractivity contribution in [1.82, 2.24) is 5.32 Å². The van der Waals surface area contributed by atoms with Gasteiger partial charge in [-0.15, -0.1) is 0 Å². The Morgan fingerprint density at radius 3 is 2.62 bits per heavy atom. The molecule has 1 fully saturated rings. The highest BCUT2D eigenvalue weighted by Gasteiger charge is 2.30. The summed E-state index contributed by atoms with van der Waals surface area (Å²) in [6.45, 7) is 0.503. The molecule has 1 saturated heterocycles. The molecule has 2 atom stereocenters. The van der Waals surface area contributed by atoms with E-state index >= 15 is 0 Å². The summed E-state index contributed by atoms with van der Waals surface area (Å²) >= 11 is 0. The summed E-state index contributed by atoms with van der Waals surface area (Å²) < 4.78 is 34.5. The Morgan fingerprint density at radius 2 is 2.04 bits per heavy atom. The summed E-state index contributed by atoms with van der Waals surface area (Å²) in [4.78, 5) is 24.1. The van der Waals surface area contributed by atoms with Crippen molar-refractivity contribution in [3.63, 3.8) is 0 Å². The zero-order valence-electron chi connectivity index (χ0n) is 13.4. The van der Waals surface area contributed by atoms with Crippen molar-refractivity contribution in [2.45, 2.75) is 36.3 Å². The minimum atomic E-state index is -3.54. The summed E-state index contributed by atoms with van der Waals surface area (Å²) in [7, 11) is -2.35. The van der Waals surface area contributed by atoms with Gasteiger partial charge in [0.1, 0.15) is 12.1 Å². The van der Waals surface area contributed by atoms with Crippen LogP contribution in [-0.4, -0.2) is 51.9 Å². The zero-order chi connectivity index (χ0) is 17.6. The number of hydrogen-bond acceptors (Lipinski definition) is 6. The lowest BCUT2D eigenvalue weighted by molar-refractivity contribution is -0.146. The lowest BCUT2D eigenvalue weighted by atomic mass is 10.2. The van der Waals surface area contributed by atoms with E-state index in [1.807, 2.05) is 0 Å². The summed E-state index contributed by atoms with van der Waals surface area (Å²) in [6, 6.07) is 6.94. The van der Waals surface area contributed by atoms with Gasteiger partial charge in [0.05, 0.1) is 17.8 Å². The molecule has 1 aliphatic rings. The van der Waals surface area contributed by atoms with Gasteiger partial charge in [-0.25, -0.2) is 13.2 Å². The molecule has 1 N–H and O–H groups in total. The van der Waals surface area contributed by atoms with Crippen molar-refractivity contribution in [1.29, 1.82) is 0 Å². The van der Waals surface area contributed by atoms with E-state index in [4.69, 9.17) is 4.74 Å². The van der Waals surface area contributed by atoms with Gasteiger partial charge in [-0.2, -0.15) is 0 Å². The molecule has 1 aromatic carbocycles. The van der Waals surface area contributed by atoms with Crippen LogP contribution in [0.1, 0.15) is 19.3 Å². The highest BCUT2D eigenvalue weighted by molar-refractivity contribution is 7.91. The third-order valence-corrected chi connectivity index (χ3v) is 5.57. The predicted octanol–water partition coefficient (Wildman–Crippen LogP) is 0.687. The number of ether oxygens (including phenoxy) is 2. The minimum Gasteiger partial charge on any atom is -0.467 e. The Balaban J connectivity index is 2.01. The number of hydrogen-bond donors (Lipinski definition) is 1. The lowest BCUT2D eigenvalue weighted by Gasteiger charge is -2.18. The van der Waals surface area contributed by atoms with Crippen LogP contribution in [0.4, 0.5) is 0 Å². The van der Waals surface area contributed by atoms with E-state index in [-0.39, 0.29) is 17.1 Å². The predicted molar refractivity (Wildman–Crippen MR) is 86.0 cm³/mol. The van der Waals surface area contributed by atoms with Crippen LogP contribution in [-0.2, 0) is 28.9 Å². The van der Waals surface area contributed by atoms with Crippen LogP contribution in [0, 0.1) is 0 Å². The molecular weight excluding hydrogens is 334 g/mol. The van der Waals surface area contributed by atoms with Crippen molar-refractivity contribution >= 4 is 21.7 Å². The van der Waals surface area contributed by atoms with Crippen LogP contribution in [0.2, 0.25) is 0 Å². The van der Waals surface area contributed by atoms with Gasteiger partial charge in [0.15, 0.2) is 9.84 Å². The molecule has 0 bridgehead atoms. The van der Waals surface area contributed by atoms with Gasteiger partial charge in [0.25, 0.3) is 0 Å². The molecule has 1 aliphatic heterocycles. The third kappa shape index (κ3) is 4.78. The minimum absolute atomic E-state index is 0.0671. The first-order valence-electron chi connectivity index (χ1n) is 7.71.